The van der Waals surface area contributed by atoms with Gasteiger partial charge >= 0.3 is 0 Å². The van der Waals surface area contributed by atoms with E-state index >= 15 is 0 Å². The monoisotopic (exact) mass is 469 g/mol. The lowest BCUT2D eigenvalue weighted by Crippen LogP contribution is -2.54. The molecule has 2 unspecified atom stereocenters. The third-order valence-corrected chi connectivity index (χ3v) is 6.83. The number of likely N-dealkylation sites (tertiary alicyclic amines) is 1. The number of rotatable bonds is 11. The fourth-order valence-electron chi connectivity index (χ4n) is 4.64. The van der Waals surface area contributed by atoms with Gasteiger partial charge in [0.15, 0.2) is 0 Å². The summed E-state index contributed by atoms with van der Waals surface area (Å²) in [5, 5.41) is 5.88. The number of carbonyl (C=O) groups is 3. The molecule has 0 aliphatic carbocycles. The molecule has 3 atom stereocenters. The van der Waals surface area contributed by atoms with Gasteiger partial charge in [0.2, 0.25) is 17.7 Å². The molecule has 2 heterocycles. The quantitative estimate of drug-likeness (QED) is 0.488. The van der Waals surface area contributed by atoms with Crippen molar-refractivity contribution < 1.29 is 19.1 Å². The smallest absolute Gasteiger partial charge is 0.243 e. The summed E-state index contributed by atoms with van der Waals surface area (Å²) in [6.07, 6.45) is 7.43. The Labute approximate surface area is 203 Å². The maximum atomic E-state index is 13.3. The maximum Gasteiger partial charge on any atom is 0.243 e. The molecule has 0 aromatic heterocycles. The van der Waals surface area contributed by atoms with Crippen LogP contribution in [0.3, 0.4) is 0 Å². The minimum atomic E-state index is -0.719. The number of nitrogens with one attached hydrogen (secondary N) is 2. The number of benzene rings is 1. The molecular formula is C27H39N3O4. The molecule has 2 fully saturated rings. The van der Waals surface area contributed by atoms with Crippen LogP contribution in [0, 0.1) is 12.8 Å². The Morgan fingerprint density at radius 3 is 2.59 bits per heavy atom. The number of amides is 3. The number of aryl methyl sites for hydroxylation is 1. The summed E-state index contributed by atoms with van der Waals surface area (Å²) >= 11 is 0. The Bertz CT molecular complexity index is 905. The van der Waals surface area contributed by atoms with Crippen LogP contribution in [0.15, 0.2) is 24.3 Å². The first kappa shape index (κ1) is 25.9. The zero-order valence-corrected chi connectivity index (χ0v) is 20.9. The molecule has 2 saturated heterocycles. The molecule has 2 aliphatic rings. The molecule has 0 saturated carbocycles. The van der Waals surface area contributed by atoms with Crippen LogP contribution in [0.2, 0.25) is 0 Å². The number of hydrogen-bond acceptors (Lipinski definition) is 4. The Kier molecular flexibility index (Phi) is 9.28. The second-order valence-corrected chi connectivity index (χ2v) is 9.36. The summed E-state index contributed by atoms with van der Waals surface area (Å²) in [5.74, 6) is -0.494. The predicted octanol–water partition coefficient (Wildman–Crippen LogP) is 3.00. The van der Waals surface area contributed by atoms with E-state index in [0.29, 0.717) is 32.5 Å². The summed E-state index contributed by atoms with van der Waals surface area (Å²) in [4.78, 5) is 41.0. The lowest BCUT2D eigenvalue weighted by Gasteiger charge is -2.29. The Balaban J connectivity index is 1.73. The van der Waals surface area contributed by atoms with E-state index in [0.717, 1.165) is 36.0 Å². The van der Waals surface area contributed by atoms with E-state index in [1.54, 1.807) is 4.90 Å². The predicted molar refractivity (Wildman–Crippen MR) is 133 cm³/mol. The summed E-state index contributed by atoms with van der Waals surface area (Å²) < 4.78 is 5.20. The molecule has 2 aliphatic heterocycles. The molecule has 186 valence electrons. The zero-order valence-electron chi connectivity index (χ0n) is 20.9. The van der Waals surface area contributed by atoms with Crippen LogP contribution in [0.4, 0.5) is 0 Å². The van der Waals surface area contributed by atoms with Crippen molar-refractivity contribution >= 4 is 23.8 Å². The van der Waals surface area contributed by atoms with Crippen molar-refractivity contribution in [2.45, 2.75) is 78.0 Å². The van der Waals surface area contributed by atoms with Gasteiger partial charge in [-0.1, -0.05) is 44.2 Å². The minimum absolute atomic E-state index is 0.0460. The highest BCUT2D eigenvalue weighted by Gasteiger charge is 2.37. The lowest BCUT2D eigenvalue weighted by atomic mass is 9.99. The van der Waals surface area contributed by atoms with E-state index in [1.807, 2.05) is 52.0 Å². The van der Waals surface area contributed by atoms with Gasteiger partial charge in [0.1, 0.15) is 12.1 Å². The van der Waals surface area contributed by atoms with Crippen LogP contribution in [0.1, 0.15) is 63.1 Å². The molecule has 7 heteroatoms. The minimum Gasteiger partial charge on any atom is -0.371 e. The SMILES string of the molecule is C/C=C\c1ccc(C[C@@H](NC(=O)C2CCCN2C(=O)C(CC)CC)C(=O)NCC2CO2)cc1C. The number of ether oxygens (including phenoxy) is 1. The van der Waals surface area contributed by atoms with Crippen LogP contribution >= 0.6 is 0 Å². The van der Waals surface area contributed by atoms with E-state index in [4.69, 9.17) is 4.74 Å². The molecular weight excluding hydrogens is 430 g/mol. The van der Waals surface area contributed by atoms with E-state index < -0.39 is 12.1 Å². The van der Waals surface area contributed by atoms with Gasteiger partial charge in [-0.3, -0.25) is 14.4 Å². The zero-order chi connectivity index (χ0) is 24.7. The average Bonchev–Trinajstić information content (AvgIpc) is 3.52. The Morgan fingerprint density at radius 2 is 1.97 bits per heavy atom. The molecule has 0 bridgehead atoms. The average molecular weight is 470 g/mol. The van der Waals surface area contributed by atoms with Gasteiger partial charge in [-0.2, -0.15) is 0 Å². The van der Waals surface area contributed by atoms with Crippen molar-refractivity contribution in [3.05, 3.63) is 41.0 Å². The van der Waals surface area contributed by atoms with Crippen molar-refractivity contribution in [2.75, 3.05) is 19.7 Å². The number of epoxide rings is 1. The van der Waals surface area contributed by atoms with Gasteiger partial charge in [0.05, 0.1) is 12.7 Å². The fraction of sp³-hybridized carbons (Fsp3) is 0.593. The van der Waals surface area contributed by atoms with Crippen molar-refractivity contribution in [3.8, 4) is 0 Å². The van der Waals surface area contributed by atoms with Gasteiger partial charge in [-0.25, -0.2) is 0 Å². The number of carbonyl (C=O) groups excluding carboxylic acids is 3. The van der Waals surface area contributed by atoms with Gasteiger partial charge in [0.25, 0.3) is 0 Å². The Hall–Kier alpha value is -2.67. The summed E-state index contributed by atoms with van der Waals surface area (Å²) in [5.41, 5.74) is 3.22. The number of nitrogens with zero attached hydrogens (tertiary/aromatic N) is 1. The third-order valence-electron chi connectivity index (χ3n) is 6.83. The standard InChI is InChI=1S/C27H39N3O4/c1-5-9-21-12-11-19(14-18(21)4)15-23(25(31)28-16-22-17-34-22)29-26(32)24-10-8-13-30(24)27(33)20(6-2)7-3/h5,9,11-12,14,20,22-24H,6-8,10,13,15-17H2,1-4H3,(H,28,31)(H,29,32)/b9-5-/t22?,23-,24?/m1/s1. The highest BCUT2D eigenvalue weighted by Crippen LogP contribution is 2.23. The van der Waals surface area contributed by atoms with Crippen LogP contribution in [-0.2, 0) is 25.5 Å². The summed E-state index contributed by atoms with van der Waals surface area (Å²) in [6.45, 7) is 9.71. The van der Waals surface area contributed by atoms with E-state index in [2.05, 4.69) is 16.7 Å². The first-order chi connectivity index (χ1) is 16.4. The molecule has 3 rings (SSSR count). The van der Waals surface area contributed by atoms with Gasteiger partial charge < -0.3 is 20.3 Å². The molecule has 0 spiro atoms. The fourth-order valence-corrected chi connectivity index (χ4v) is 4.64. The number of allylic oxidation sites excluding steroid dienone is 1. The Morgan fingerprint density at radius 1 is 1.24 bits per heavy atom. The largest absolute Gasteiger partial charge is 0.371 e. The topological polar surface area (TPSA) is 91.0 Å². The van der Waals surface area contributed by atoms with Crippen molar-refractivity contribution in [3.63, 3.8) is 0 Å². The summed E-state index contributed by atoms with van der Waals surface area (Å²) in [6, 6.07) is 4.85. The van der Waals surface area contributed by atoms with Crippen LogP contribution in [-0.4, -0.2) is 60.5 Å². The second kappa shape index (κ2) is 12.2. The van der Waals surface area contributed by atoms with Crippen LogP contribution < -0.4 is 10.6 Å². The van der Waals surface area contributed by atoms with E-state index in [9.17, 15) is 14.4 Å². The molecule has 0 radical (unpaired) electrons. The second-order valence-electron chi connectivity index (χ2n) is 9.36. The first-order valence-corrected chi connectivity index (χ1v) is 12.6. The van der Waals surface area contributed by atoms with E-state index in [-0.39, 0.29) is 29.7 Å². The highest BCUT2D eigenvalue weighted by atomic mass is 16.6. The normalized spacial score (nSPS) is 20.6. The molecule has 7 nitrogen and oxygen atoms in total. The van der Waals surface area contributed by atoms with Gasteiger partial charge in [-0.05, 0) is 56.2 Å². The van der Waals surface area contributed by atoms with Crippen LogP contribution in [0.25, 0.3) is 6.08 Å². The van der Waals surface area contributed by atoms with Gasteiger partial charge in [0, 0.05) is 25.4 Å². The molecule has 2 N–H and O–H groups in total. The molecule has 3 amide bonds. The molecule has 1 aromatic carbocycles. The molecule has 34 heavy (non-hydrogen) atoms. The number of hydrogen-bond donors (Lipinski definition) is 2. The third kappa shape index (κ3) is 6.69. The first-order valence-electron chi connectivity index (χ1n) is 12.6. The van der Waals surface area contributed by atoms with Crippen LogP contribution in [0.5, 0.6) is 0 Å². The summed E-state index contributed by atoms with van der Waals surface area (Å²) in [7, 11) is 0. The molecule has 1 aromatic rings. The van der Waals surface area contributed by atoms with Crippen molar-refractivity contribution in [1.29, 1.82) is 0 Å². The maximum absolute atomic E-state index is 13.3. The van der Waals surface area contributed by atoms with E-state index in [1.165, 1.54) is 0 Å². The van der Waals surface area contributed by atoms with Crippen molar-refractivity contribution in [2.24, 2.45) is 5.92 Å². The lowest BCUT2D eigenvalue weighted by molar-refractivity contribution is -0.142. The highest BCUT2D eigenvalue weighted by molar-refractivity contribution is 5.93. The van der Waals surface area contributed by atoms with Crippen molar-refractivity contribution in [1.82, 2.24) is 15.5 Å². The van der Waals surface area contributed by atoms with Gasteiger partial charge in [-0.15, -0.1) is 0 Å².